The van der Waals surface area contributed by atoms with Gasteiger partial charge < -0.3 is 5.32 Å². The van der Waals surface area contributed by atoms with Crippen LogP contribution in [0.2, 0.25) is 0 Å². The zero-order valence-electron chi connectivity index (χ0n) is 11.9. The summed E-state index contributed by atoms with van der Waals surface area (Å²) in [4.78, 5) is 9.97. The van der Waals surface area contributed by atoms with E-state index >= 15 is 0 Å². The van der Waals surface area contributed by atoms with E-state index in [9.17, 15) is 31.7 Å². The summed E-state index contributed by atoms with van der Waals surface area (Å²) in [5.74, 6) is 0. The second-order valence-electron chi connectivity index (χ2n) is 4.64. The number of thiophene rings is 1. The Morgan fingerprint density at radius 2 is 1.96 bits per heavy atom. The van der Waals surface area contributed by atoms with Crippen molar-refractivity contribution in [2.75, 3.05) is 11.9 Å². The lowest BCUT2D eigenvalue weighted by molar-refractivity contribution is -0.384. The molecule has 1 heterocycles. The van der Waals surface area contributed by atoms with E-state index in [0.29, 0.717) is 25.1 Å². The standard InChI is InChI=1S/C13H11F3N2O4S2/c14-13(15,16)24(21,22)10-3-4-11(12(8-10)18(19)20)17-6-5-9-2-1-7-23-9/h1-4,7-8,17H,5-6H2. The van der Waals surface area contributed by atoms with Crippen LogP contribution in [0.1, 0.15) is 4.88 Å². The summed E-state index contributed by atoms with van der Waals surface area (Å²) in [5.41, 5.74) is -6.29. The summed E-state index contributed by atoms with van der Waals surface area (Å²) in [6.45, 7) is 0.312. The molecule has 0 fully saturated rings. The fraction of sp³-hybridized carbons (Fsp3) is 0.231. The highest BCUT2D eigenvalue weighted by Gasteiger charge is 2.47. The highest BCUT2D eigenvalue weighted by molar-refractivity contribution is 7.92. The number of halogens is 3. The number of rotatable bonds is 6. The first-order valence-corrected chi connectivity index (χ1v) is 8.85. The highest BCUT2D eigenvalue weighted by atomic mass is 32.2. The number of nitrogens with one attached hydrogen (secondary N) is 1. The zero-order chi connectivity index (χ0) is 18.0. The molecule has 1 aromatic heterocycles. The second-order valence-corrected chi connectivity index (χ2v) is 7.61. The third kappa shape index (κ3) is 3.85. The summed E-state index contributed by atoms with van der Waals surface area (Å²) in [6, 6.07) is 5.80. The Morgan fingerprint density at radius 3 is 2.50 bits per heavy atom. The molecule has 6 nitrogen and oxygen atoms in total. The first-order valence-electron chi connectivity index (χ1n) is 6.49. The van der Waals surface area contributed by atoms with Crippen LogP contribution >= 0.6 is 11.3 Å². The molecule has 0 bridgehead atoms. The second kappa shape index (κ2) is 6.77. The van der Waals surface area contributed by atoms with Crippen LogP contribution in [0.15, 0.2) is 40.6 Å². The van der Waals surface area contributed by atoms with E-state index in [1.165, 1.54) is 11.3 Å². The molecule has 1 aromatic carbocycles. The predicted molar refractivity (Wildman–Crippen MR) is 82.8 cm³/mol. The normalized spacial score (nSPS) is 12.1. The quantitative estimate of drug-likeness (QED) is 0.611. The predicted octanol–water partition coefficient (Wildman–Crippen LogP) is 3.60. The van der Waals surface area contributed by atoms with E-state index in [1.807, 2.05) is 17.5 Å². The number of nitro groups is 1. The maximum absolute atomic E-state index is 12.5. The van der Waals surface area contributed by atoms with Crippen molar-refractivity contribution in [3.05, 3.63) is 50.7 Å². The van der Waals surface area contributed by atoms with Crippen LogP contribution in [0.4, 0.5) is 24.5 Å². The van der Waals surface area contributed by atoms with Crippen molar-refractivity contribution < 1.29 is 26.5 Å². The fourth-order valence-corrected chi connectivity index (χ4v) is 3.38. The molecular formula is C13H11F3N2O4S2. The van der Waals surface area contributed by atoms with Crippen molar-refractivity contribution in [2.45, 2.75) is 16.8 Å². The van der Waals surface area contributed by atoms with Crippen LogP contribution < -0.4 is 5.32 Å². The molecule has 11 heteroatoms. The van der Waals surface area contributed by atoms with Crippen molar-refractivity contribution in [3.63, 3.8) is 0 Å². The molecule has 0 atom stereocenters. The minimum atomic E-state index is -5.64. The van der Waals surface area contributed by atoms with Gasteiger partial charge in [-0.15, -0.1) is 11.3 Å². The third-order valence-corrected chi connectivity index (χ3v) is 5.47. The molecule has 0 unspecified atom stereocenters. The van der Waals surface area contributed by atoms with Gasteiger partial charge in [0, 0.05) is 17.5 Å². The van der Waals surface area contributed by atoms with Gasteiger partial charge in [-0.1, -0.05) is 6.07 Å². The summed E-state index contributed by atoms with van der Waals surface area (Å²) in [6.07, 6.45) is 0.567. The summed E-state index contributed by atoms with van der Waals surface area (Å²) < 4.78 is 60.3. The van der Waals surface area contributed by atoms with Gasteiger partial charge in [-0.25, -0.2) is 8.42 Å². The Bertz CT molecular complexity index is 833. The number of anilines is 1. The van der Waals surface area contributed by atoms with Gasteiger partial charge in [-0.05, 0) is 30.0 Å². The van der Waals surface area contributed by atoms with Crippen LogP contribution in [0.5, 0.6) is 0 Å². The number of benzene rings is 1. The molecule has 0 amide bonds. The van der Waals surface area contributed by atoms with E-state index < -0.39 is 30.9 Å². The highest BCUT2D eigenvalue weighted by Crippen LogP contribution is 2.34. The summed E-state index contributed by atoms with van der Waals surface area (Å²) >= 11 is 1.50. The van der Waals surface area contributed by atoms with E-state index in [2.05, 4.69) is 5.32 Å². The Hall–Kier alpha value is -2.14. The van der Waals surface area contributed by atoms with Gasteiger partial charge in [0.2, 0.25) is 0 Å². The molecule has 1 N–H and O–H groups in total. The number of nitro benzene ring substituents is 1. The molecule has 24 heavy (non-hydrogen) atoms. The smallest absolute Gasteiger partial charge is 0.379 e. The molecule has 0 aliphatic heterocycles. The average Bonchev–Trinajstić information content (AvgIpc) is 2.99. The SMILES string of the molecule is O=[N+]([O-])c1cc(S(=O)(=O)C(F)(F)F)ccc1NCCc1cccs1. The molecule has 0 aliphatic carbocycles. The van der Waals surface area contributed by atoms with Crippen LogP contribution in [0.25, 0.3) is 0 Å². The Morgan fingerprint density at radius 1 is 1.25 bits per heavy atom. The van der Waals surface area contributed by atoms with Crippen LogP contribution in [0.3, 0.4) is 0 Å². The zero-order valence-corrected chi connectivity index (χ0v) is 13.5. The first kappa shape index (κ1) is 18.2. The first-order chi connectivity index (χ1) is 11.1. The molecule has 0 saturated heterocycles. The van der Waals surface area contributed by atoms with Gasteiger partial charge in [0.15, 0.2) is 0 Å². The lowest BCUT2D eigenvalue weighted by atomic mass is 10.2. The van der Waals surface area contributed by atoms with Crippen molar-refractivity contribution in [1.82, 2.24) is 0 Å². The van der Waals surface area contributed by atoms with E-state index in [-0.39, 0.29) is 5.69 Å². The number of nitrogens with zero attached hydrogens (tertiary/aromatic N) is 1. The van der Waals surface area contributed by atoms with Crippen molar-refractivity contribution in [2.24, 2.45) is 0 Å². The van der Waals surface area contributed by atoms with Gasteiger partial charge in [0.1, 0.15) is 5.69 Å². The lowest BCUT2D eigenvalue weighted by Crippen LogP contribution is -2.23. The molecular weight excluding hydrogens is 369 g/mol. The molecule has 0 radical (unpaired) electrons. The minimum absolute atomic E-state index is 0.0438. The van der Waals surface area contributed by atoms with E-state index in [1.54, 1.807) is 0 Å². The topological polar surface area (TPSA) is 89.3 Å². The van der Waals surface area contributed by atoms with Gasteiger partial charge in [0.05, 0.1) is 9.82 Å². The van der Waals surface area contributed by atoms with E-state index in [0.717, 1.165) is 10.9 Å². The molecule has 2 rings (SSSR count). The monoisotopic (exact) mass is 380 g/mol. The van der Waals surface area contributed by atoms with Crippen molar-refractivity contribution >= 4 is 32.5 Å². The Kier molecular flexibility index (Phi) is 5.13. The number of hydrogen-bond acceptors (Lipinski definition) is 6. The molecule has 130 valence electrons. The molecule has 2 aromatic rings. The van der Waals surface area contributed by atoms with Gasteiger partial charge >= 0.3 is 5.51 Å². The van der Waals surface area contributed by atoms with Crippen LogP contribution in [-0.4, -0.2) is 25.4 Å². The largest absolute Gasteiger partial charge is 0.501 e. The number of hydrogen-bond donors (Lipinski definition) is 1. The average molecular weight is 380 g/mol. The van der Waals surface area contributed by atoms with Gasteiger partial charge in [-0.3, -0.25) is 10.1 Å². The van der Waals surface area contributed by atoms with Crippen LogP contribution in [0, 0.1) is 10.1 Å². The molecule has 0 spiro atoms. The molecule has 0 saturated carbocycles. The minimum Gasteiger partial charge on any atom is -0.379 e. The number of alkyl halides is 3. The van der Waals surface area contributed by atoms with Crippen molar-refractivity contribution in [1.29, 1.82) is 0 Å². The Labute approximate surface area is 139 Å². The summed E-state index contributed by atoms with van der Waals surface area (Å²) in [5, 5.41) is 15.6. The fourth-order valence-electron chi connectivity index (χ4n) is 1.89. The molecule has 0 aliphatic rings. The van der Waals surface area contributed by atoms with Crippen LogP contribution in [-0.2, 0) is 16.3 Å². The lowest BCUT2D eigenvalue weighted by Gasteiger charge is -2.10. The third-order valence-electron chi connectivity index (χ3n) is 3.05. The Balaban J connectivity index is 2.25. The summed E-state index contributed by atoms with van der Waals surface area (Å²) in [7, 11) is -5.64. The van der Waals surface area contributed by atoms with E-state index in [4.69, 9.17) is 0 Å². The maximum atomic E-state index is 12.5. The maximum Gasteiger partial charge on any atom is 0.501 e. The van der Waals surface area contributed by atoms with Crippen molar-refractivity contribution in [3.8, 4) is 0 Å². The van der Waals surface area contributed by atoms with Gasteiger partial charge in [-0.2, -0.15) is 13.2 Å². The van der Waals surface area contributed by atoms with Gasteiger partial charge in [0.25, 0.3) is 15.5 Å². The number of sulfone groups is 1.